The van der Waals surface area contributed by atoms with E-state index in [-0.39, 0.29) is 11.8 Å². The molecule has 0 saturated carbocycles. The lowest BCUT2D eigenvalue weighted by Gasteiger charge is -2.32. The minimum absolute atomic E-state index is 0.0745. The molecule has 1 N–H and O–H groups in total. The van der Waals surface area contributed by atoms with Crippen LogP contribution >= 0.6 is 0 Å². The molecule has 2 saturated heterocycles. The molecule has 2 heterocycles. The van der Waals surface area contributed by atoms with Crippen molar-refractivity contribution in [2.75, 3.05) is 59.4 Å². The molecule has 0 aliphatic carbocycles. The van der Waals surface area contributed by atoms with E-state index in [4.69, 9.17) is 0 Å². The van der Waals surface area contributed by atoms with Gasteiger partial charge >= 0.3 is 0 Å². The van der Waals surface area contributed by atoms with Crippen LogP contribution in [0.25, 0.3) is 0 Å². The highest BCUT2D eigenvalue weighted by Crippen LogP contribution is 2.31. The summed E-state index contributed by atoms with van der Waals surface area (Å²) in [4.78, 5) is 17.9. The number of carbonyl (C=O) groups excluding carboxylic acids is 1. The second kappa shape index (κ2) is 11.3. The van der Waals surface area contributed by atoms with Crippen molar-refractivity contribution in [2.45, 2.75) is 58.3 Å². The van der Waals surface area contributed by atoms with Crippen LogP contribution in [0.3, 0.4) is 0 Å². The maximum Gasteiger partial charge on any atom is 0.243 e. The van der Waals surface area contributed by atoms with Crippen molar-refractivity contribution in [1.82, 2.24) is 19.4 Å². The Bertz CT molecular complexity index is 905. The summed E-state index contributed by atoms with van der Waals surface area (Å²) in [5, 5.41) is 3.08. The lowest BCUT2D eigenvalue weighted by Crippen LogP contribution is -2.45. The van der Waals surface area contributed by atoms with E-state index in [1.807, 2.05) is 33.8 Å². The van der Waals surface area contributed by atoms with Gasteiger partial charge in [0.25, 0.3) is 0 Å². The zero-order valence-corrected chi connectivity index (χ0v) is 21.9. The number of aryl methyl sites for hydroxylation is 2. The van der Waals surface area contributed by atoms with Crippen LogP contribution in [-0.4, -0.2) is 87.8 Å². The van der Waals surface area contributed by atoms with Gasteiger partial charge in [-0.2, -0.15) is 4.31 Å². The molecule has 3 rings (SSSR count). The quantitative estimate of drug-likeness (QED) is 0.581. The van der Waals surface area contributed by atoms with Crippen molar-refractivity contribution < 1.29 is 13.2 Å². The Morgan fingerprint density at radius 1 is 0.939 bits per heavy atom. The molecule has 2 aliphatic heterocycles. The largest absolute Gasteiger partial charge is 0.356 e. The summed E-state index contributed by atoms with van der Waals surface area (Å²) in [6.45, 7) is 14.8. The van der Waals surface area contributed by atoms with Gasteiger partial charge in [-0.05, 0) is 89.2 Å². The smallest absolute Gasteiger partial charge is 0.243 e. The molecular weight excluding hydrogens is 436 g/mol. The van der Waals surface area contributed by atoms with Crippen LogP contribution in [0.5, 0.6) is 0 Å². The maximum absolute atomic E-state index is 13.4. The first kappa shape index (κ1) is 26.1. The molecule has 0 atom stereocenters. The third kappa shape index (κ3) is 6.35. The fourth-order valence-corrected chi connectivity index (χ4v) is 6.99. The molecule has 2 fully saturated rings. The highest BCUT2D eigenvalue weighted by molar-refractivity contribution is 7.89. The predicted octanol–water partition coefficient (Wildman–Crippen LogP) is 2.46. The second-order valence-corrected chi connectivity index (χ2v) is 11.8. The van der Waals surface area contributed by atoms with Crippen LogP contribution in [0.1, 0.15) is 47.9 Å². The molecule has 0 aromatic heterocycles. The van der Waals surface area contributed by atoms with Crippen LogP contribution in [-0.2, 0) is 14.8 Å². The number of unbranched alkanes of at least 4 members (excludes halogenated alkanes) is 1. The number of hydrogen-bond donors (Lipinski definition) is 1. The number of piperidine rings is 1. The number of piperazine rings is 1. The van der Waals surface area contributed by atoms with Gasteiger partial charge in [0.1, 0.15) is 0 Å². The normalized spacial score (nSPS) is 19.7. The summed E-state index contributed by atoms with van der Waals surface area (Å²) < 4.78 is 28.4. The van der Waals surface area contributed by atoms with Crippen molar-refractivity contribution in [3.63, 3.8) is 0 Å². The van der Waals surface area contributed by atoms with E-state index in [9.17, 15) is 13.2 Å². The van der Waals surface area contributed by atoms with Crippen LogP contribution in [0.4, 0.5) is 0 Å². The molecule has 186 valence electrons. The molecule has 1 amide bonds. The van der Waals surface area contributed by atoms with Crippen LogP contribution in [0.2, 0.25) is 0 Å². The molecule has 2 aliphatic rings. The lowest BCUT2D eigenvalue weighted by atomic mass is 9.97. The van der Waals surface area contributed by atoms with E-state index in [0.717, 1.165) is 67.8 Å². The van der Waals surface area contributed by atoms with Gasteiger partial charge in [0.15, 0.2) is 0 Å². The summed E-state index contributed by atoms with van der Waals surface area (Å²) >= 11 is 0. The minimum atomic E-state index is -3.56. The number of nitrogens with zero attached hydrogens (tertiary/aromatic N) is 3. The average Bonchev–Trinajstić information content (AvgIpc) is 2.78. The van der Waals surface area contributed by atoms with E-state index in [1.54, 1.807) is 4.31 Å². The monoisotopic (exact) mass is 478 g/mol. The SMILES string of the molecule is Cc1cc(C)c(C)c(S(=O)(=O)N2CCC(C(=O)NCCCCN3CCN(C)CC3)CC2)c1C. The Balaban J connectivity index is 1.44. The van der Waals surface area contributed by atoms with Gasteiger partial charge in [-0.3, -0.25) is 4.79 Å². The summed E-state index contributed by atoms with van der Waals surface area (Å²) in [6, 6.07) is 2.05. The summed E-state index contributed by atoms with van der Waals surface area (Å²) in [5.41, 5.74) is 3.65. The van der Waals surface area contributed by atoms with Crippen molar-refractivity contribution in [1.29, 1.82) is 0 Å². The zero-order chi connectivity index (χ0) is 24.2. The van der Waals surface area contributed by atoms with Crippen LogP contribution in [0.15, 0.2) is 11.0 Å². The van der Waals surface area contributed by atoms with Crippen LogP contribution < -0.4 is 5.32 Å². The van der Waals surface area contributed by atoms with Gasteiger partial charge in [0, 0.05) is 51.7 Å². The summed E-state index contributed by atoms with van der Waals surface area (Å²) in [5.74, 6) is -0.0269. The Morgan fingerprint density at radius 2 is 1.52 bits per heavy atom. The van der Waals surface area contributed by atoms with Crippen molar-refractivity contribution in [3.05, 3.63) is 28.3 Å². The first-order valence-corrected chi connectivity index (χ1v) is 13.8. The molecule has 1 aromatic rings. The van der Waals surface area contributed by atoms with E-state index in [2.05, 4.69) is 22.2 Å². The molecule has 0 radical (unpaired) electrons. The number of sulfonamides is 1. The van der Waals surface area contributed by atoms with Gasteiger partial charge in [0.2, 0.25) is 15.9 Å². The molecule has 8 heteroatoms. The number of benzene rings is 1. The summed E-state index contributed by atoms with van der Waals surface area (Å²) in [7, 11) is -1.40. The highest BCUT2D eigenvalue weighted by Gasteiger charge is 2.34. The van der Waals surface area contributed by atoms with Crippen molar-refractivity contribution >= 4 is 15.9 Å². The van der Waals surface area contributed by atoms with Gasteiger partial charge in [-0.1, -0.05) is 6.07 Å². The third-order valence-electron chi connectivity index (χ3n) is 7.52. The van der Waals surface area contributed by atoms with E-state index < -0.39 is 10.0 Å². The first-order valence-electron chi connectivity index (χ1n) is 12.4. The Kier molecular flexibility index (Phi) is 8.95. The molecule has 0 spiro atoms. The minimum Gasteiger partial charge on any atom is -0.356 e. The van der Waals surface area contributed by atoms with Gasteiger partial charge < -0.3 is 15.1 Å². The lowest BCUT2D eigenvalue weighted by molar-refractivity contribution is -0.126. The molecule has 0 unspecified atom stereocenters. The number of rotatable bonds is 8. The van der Waals surface area contributed by atoms with Crippen molar-refractivity contribution in [3.8, 4) is 0 Å². The Hall–Kier alpha value is -1.48. The van der Waals surface area contributed by atoms with Crippen molar-refractivity contribution in [2.24, 2.45) is 5.92 Å². The number of nitrogens with one attached hydrogen (secondary N) is 1. The molecular formula is C25H42N4O3S. The zero-order valence-electron chi connectivity index (χ0n) is 21.1. The van der Waals surface area contributed by atoms with Gasteiger partial charge in [0.05, 0.1) is 4.90 Å². The average molecular weight is 479 g/mol. The van der Waals surface area contributed by atoms with Crippen LogP contribution in [0, 0.1) is 33.6 Å². The standard InChI is InChI=1S/C25H42N4O3S/c1-19-18-20(2)22(4)24(21(19)3)33(31,32)29-12-8-23(9-13-29)25(30)26-10-6-7-11-28-16-14-27(5)15-17-28/h18,23H,6-17H2,1-5H3,(H,26,30). The molecule has 1 aromatic carbocycles. The topological polar surface area (TPSA) is 73.0 Å². The maximum atomic E-state index is 13.4. The van der Waals surface area contributed by atoms with E-state index in [0.29, 0.717) is 37.4 Å². The Morgan fingerprint density at radius 3 is 2.09 bits per heavy atom. The molecule has 33 heavy (non-hydrogen) atoms. The Labute approximate surface area is 200 Å². The predicted molar refractivity (Wildman–Crippen MR) is 133 cm³/mol. The first-order chi connectivity index (χ1) is 15.6. The summed E-state index contributed by atoms with van der Waals surface area (Å²) in [6.07, 6.45) is 3.23. The highest BCUT2D eigenvalue weighted by atomic mass is 32.2. The number of hydrogen-bond acceptors (Lipinski definition) is 5. The van der Waals surface area contributed by atoms with Gasteiger partial charge in [-0.25, -0.2) is 8.42 Å². The number of carbonyl (C=O) groups is 1. The van der Waals surface area contributed by atoms with E-state index in [1.165, 1.54) is 0 Å². The molecule has 7 nitrogen and oxygen atoms in total. The fraction of sp³-hybridized carbons (Fsp3) is 0.720. The number of likely N-dealkylation sites (N-methyl/N-ethyl adjacent to an activating group) is 1. The fourth-order valence-electron chi connectivity index (χ4n) is 4.94. The van der Waals surface area contributed by atoms with E-state index >= 15 is 0 Å². The van der Waals surface area contributed by atoms with Gasteiger partial charge in [-0.15, -0.1) is 0 Å². The second-order valence-electron chi connectivity index (χ2n) is 9.91. The number of amides is 1. The molecule has 0 bridgehead atoms. The third-order valence-corrected chi connectivity index (χ3v) is 9.69.